The molecule has 3 rings (SSSR count). The predicted octanol–water partition coefficient (Wildman–Crippen LogP) is 2.52. The maximum Gasteiger partial charge on any atom is 0.303 e. The normalized spacial score (nSPS) is 17.4. The number of aliphatic carboxylic acids is 1. The molecule has 0 spiro atoms. The molecule has 1 amide bonds. The first-order chi connectivity index (χ1) is 12.1. The van der Waals surface area contributed by atoms with Crippen molar-refractivity contribution in [3.8, 4) is 5.69 Å². The third kappa shape index (κ3) is 4.68. The average Bonchev–Trinajstić information content (AvgIpc) is 3.15. The largest absolute Gasteiger partial charge is 0.481 e. The first-order valence-electron chi connectivity index (χ1n) is 8.70. The number of benzene rings is 1. The summed E-state index contributed by atoms with van der Waals surface area (Å²) in [6, 6.07) is 9.71. The van der Waals surface area contributed by atoms with Crippen molar-refractivity contribution in [2.45, 2.75) is 32.1 Å². The minimum atomic E-state index is -0.763. The number of piperidine rings is 1. The first kappa shape index (κ1) is 17.2. The molecule has 0 saturated carbocycles. The molecule has 2 heterocycles. The summed E-state index contributed by atoms with van der Waals surface area (Å²) in [6.07, 6.45) is 6.79. The zero-order valence-corrected chi connectivity index (χ0v) is 14.2. The van der Waals surface area contributed by atoms with Crippen molar-refractivity contribution in [3.63, 3.8) is 0 Å². The van der Waals surface area contributed by atoms with E-state index in [2.05, 4.69) is 5.10 Å². The molecule has 0 radical (unpaired) electrons. The molecule has 0 unspecified atom stereocenters. The molecular formula is C19H23N3O3. The monoisotopic (exact) mass is 341 g/mol. The van der Waals surface area contributed by atoms with E-state index in [0.717, 1.165) is 30.6 Å². The number of carbonyl (C=O) groups is 2. The van der Waals surface area contributed by atoms with Crippen molar-refractivity contribution in [3.05, 3.63) is 48.3 Å². The molecule has 1 saturated heterocycles. The summed E-state index contributed by atoms with van der Waals surface area (Å²) < 4.78 is 1.78. The van der Waals surface area contributed by atoms with Gasteiger partial charge in [-0.15, -0.1) is 0 Å². The van der Waals surface area contributed by atoms with Gasteiger partial charge in [-0.2, -0.15) is 5.10 Å². The van der Waals surface area contributed by atoms with Gasteiger partial charge in [0.2, 0.25) is 5.91 Å². The molecule has 1 aromatic heterocycles. The van der Waals surface area contributed by atoms with E-state index in [-0.39, 0.29) is 12.3 Å². The van der Waals surface area contributed by atoms with Gasteiger partial charge in [0.25, 0.3) is 0 Å². The van der Waals surface area contributed by atoms with E-state index in [4.69, 9.17) is 5.11 Å². The Hall–Kier alpha value is -2.63. The molecule has 132 valence electrons. The van der Waals surface area contributed by atoms with Crippen LogP contribution in [0.15, 0.2) is 42.7 Å². The number of amides is 1. The Morgan fingerprint density at radius 3 is 2.72 bits per heavy atom. The highest BCUT2D eigenvalue weighted by Gasteiger charge is 2.24. The number of rotatable bonds is 6. The summed E-state index contributed by atoms with van der Waals surface area (Å²) in [6.45, 7) is 1.45. The van der Waals surface area contributed by atoms with E-state index in [0.29, 0.717) is 25.3 Å². The first-order valence-corrected chi connectivity index (χ1v) is 8.70. The quantitative estimate of drug-likeness (QED) is 0.876. The lowest BCUT2D eigenvalue weighted by Gasteiger charge is -2.32. The Morgan fingerprint density at radius 1 is 1.24 bits per heavy atom. The zero-order chi connectivity index (χ0) is 17.6. The second-order valence-corrected chi connectivity index (χ2v) is 6.57. The second kappa shape index (κ2) is 7.96. The second-order valence-electron chi connectivity index (χ2n) is 6.57. The number of likely N-dealkylation sites (tertiary alicyclic amines) is 1. The lowest BCUT2D eigenvalue weighted by atomic mass is 9.93. The summed E-state index contributed by atoms with van der Waals surface area (Å²) in [4.78, 5) is 25.2. The summed E-state index contributed by atoms with van der Waals surface area (Å²) in [7, 11) is 0. The summed E-state index contributed by atoms with van der Waals surface area (Å²) >= 11 is 0. The van der Waals surface area contributed by atoms with E-state index < -0.39 is 5.97 Å². The molecule has 0 aliphatic carbocycles. The van der Waals surface area contributed by atoms with Crippen molar-refractivity contribution < 1.29 is 14.7 Å². The Labute approximate surface area is 147 Å². The van der Waals surface area contributed by atoms with Crippen molar-refractivity contribution in [1.29, 1.82) is 0 Å². The Kier molecular flexibility index (Phi) is 5.48. The van der Waals surface area contributed by atoms with Gasteiger partial charge in [0.15, 0.2) is 0 Å². The molecule has 0 bridgehead atoms. The SMILES string of the molecule is O=C(O)CC[C@@H]1CCCN(C(=O)Cc2ccc(-n3cccn3)cc2)C1. The smallest absolute Gasteiger partial charge is 0.303 e. The summed E-state index contributed by atoms with van der Waals surface area (Å²) in [5, 5.41) is 13.0. The van der Waals surface area contributed by atoms with E-state index in [9.17, 15) is 9.59 Å². The van der Waals surface area contributed by atoms with Crippen LogP contribution in [0.4, 0.5) is 0 Å². The number of carboxylic acid groups (broad SMARTS) is 1. The average molecular weight is 341 g/mol. The fraction of sp³-hybridized carbons (Fsp3) is 0.421. The molecule has 6 heteroatoms. The van der Waals surface area contributed by atoms with Crippen molar-refractivity contribution in [2.24, 2.45) is 5.92 Å². The van der Waals surface area contributed by atoms with Crippen molar-refractivity contribution in [1.82, 2.24) is 14.7 Å². The van der Waals surface area contributed by atoms with Gasteiger partial charge < -0.3 is 10.0 Å². The van der Waals surface area contributed by atoms with Crippen LogP contribution in [-0.4, -0.2) is 44.8 Å². The van der Waals surface area contributed by atoms with Gasteiger partial charge >= 0.3 is 5.97 Å². The van der Waals surface area contributed by atoms with Gasteiger partial charge in [-0.1, -0.05) is 12.1 Å². The van der Waals surface area contributed by atoms with Gasteiger partial charge in [0.05, 0.1) is 12.1 Å². The topological polar surface area (TPSA) is 75.4 Å². The van der Waals surface area contributed by atoms with Gasteiger partial charge in [-0.3, -0.25) is 9.59 Å². The fourth-order valence-corrected chi connectivity index (χ4v) is 3.33. The lowest BCUT2D eigenvalue weighted by molar-refractivity contribution is -0.137. The fourth-order valence-electron chi connectivity index (χ4n) is 3.33. The molecule has 1 aromatic carbocycles. The van der Waals surface area contributed by atoms with Gasteiger partial charge in [0.1, 0.15) is 0 Å². The van der Waals surface area contributed by atoms with E-state index in [1.807, 2.05) is 41.4 Å². The molecule has 1 N–H and O–H groups in total. The maximum absolute atomic E-state index is 12.6. The van der Waals surface area contributed by atoms with Crippen LogP contribution in [0.2, 0.25) is 0 Å². The van der Waals surface area contributed by atoms with Crippen LogP contribution in [-0.2, 0) is 16.0 Å². The van der Waals surface area contributed by atoms with E-state index >= 15 is 0 Å². The molecule has 1 atom stereocenters. The van der Waals surface area contributed by atoms with Crippen LogP contribution in [0.25, 0.3) is 5.69 Å². The number of hydrogen-bond donors (Lipinski definition) is 1. The van der Waals surface area contributed by atoms with Gasteiger partial charge in [-0.25, -0.2) is 4.68 Å². The standard InChI is InChI=1S/C19H23N3O3/c23-18(21-11-1-3-16(14-21)6-9-19(24)25)13-15-4-7-17(8-5-15)22-12-2-10-20-22/h2,4-5,7-8,10,12,16H,1,3,6,9,11,13-14H2,(H,24,25)/t16-/m0/s1. The maximum atomic E-state index is 12.6. The van der Waals surface area contributed by atoms with Crippen LogP contribution in [0.1, 0.15) is 31.2 Å². The Bertz CT molecular complexity index is 710. The predicted molar refractivity (Wildman–Crippen MR) is 93.4 cm³/mol. The number of hydrogen-bond acceptors (Lipinski definition) is 3. The Morgan fingerprint density at radius 2 is 2.04 bits per heavy atom. The lowest BCUT2D eigenvalue weighted by Crippen LogP contribution is -2.40. The van der Waals surface area contributed by atoms with Crippen molar-refractivity contribution in [2.75, 3.05) is 13.1 Å². The number of nitrogens with zero attached hydrogens (tertiary/aromatic N) is 3. The highest BCUT2D eigenvalue weighted by Crippen LogP contribution is 2.22. The summed E-state index contributed by atoms with van der Waals surface area (Å²) in [5.74, 6) is -0.344. The highest BCUT2D eigenvalue weighted by atomic mass is 16.4. The molecule has 1 fully saturated rings. The van der Waals surface area contributed by atoms with Crippen LogP contribution in [0, 0.1) is 5.92 Å². The molecular weight excluding hydrogens is 318 g/mol. The molecule has 2 aromatic rings. The third-order valence-corrected chi connectivity index (χ3v) is 4.70. The number of carbonyl (C=O) groups excluding carboxylic acids is 1. The van der Waals surface area contributed by atoms with Crippen LogP contribution < -0.4 is 0 Å². The zero-order valence-electron chi connectivity index (χ0n) is 14.2. The highest BCUT2D eigenvalue weighted by molar-refractivity contribution is 5.79. The summed E-state index contributed by atoms with van der Waals surface area (Å²) in [5.41, 5.74) is 1.95. The third-order valence-electron chi connectivity index (χ3n) is 4.70. The van der Waals surface area contributed by atoms with Gasteiger partial charge in [0, 0.05) is 31.9 Å². The molecule has 6 nitrogen and oxygen atoms in total. The Balaban J connectivity index is 1.55. The molecule has 1 aliphatic rings. The number of aromatic nitrogens is 2. The van der Waals surface area contributed by atoms with Crippen LogP contribution >= 0.6 is 0 Å². The van der Waals surface area contributed by atoms with Crippen LogP contribution in [0.5, 0.6) is 0 Å². The minimum Gasteiger partial charge on any atom is -0.481 e. The van der Waals surface area contributed by atoms with Crippen LogP contribution in [0.3, 0.4) is 0 Å². The molecule has 25 heavy (non-hydrogen) atoms. The van der Waals surface area contributed by atoms with Crippen molar-refractivity contribution >= 4 is 11.9 Å². The molecule has 1 aliphatic heterocycles. The van der Waals surface area contributed by atoms with E-state index in [1.165, 1.54) is 0 Å². The van der Waals surface area contributed by atoms with E-state index in [1.54, 1.807) is 10.9 Å². The minimum absolute atomic E-state index is 0.117. The number of carboxylic acids is 1. The van der Waals surface area contributed by atoms with Gasteiger partial charge in [-0.05, 0) is 48.9 Å².